The number of hydrogen-bond acceptors (Lipinski definition) is 9. The lowest BCUT2D eigenvalue weighted by molar-refractivity contribution is -0.0912. The Morgan fingerprint density at radius 2 is 2.13 bits per heavy atom. The Labute approximate surface area is 130 Å². The summed E-state index contributed by atoms with van der Waals surface area (Å²) in [5.74, 6) is 5.20. The van der Waals surface area contributed by atoms with E-state index in [1.807, 2.05) is 0 Å². The van der Waals surface area contributed by atoms with Crippen LogP contribution in [0.5, 0.6) is 0 Å². The van der Waals surface area contributed by atoms with Crippen LogP contribution in [0.25, 0.3) is 11.2 Å². The molecule has 0 unspecified atom stereocenters. The maximum atomic E-state index is 10.3. The Morgan fingerprint density at radius 1 is 1.39 bits per heavy atom. The second-order valence-electron chi connectivity index (χ2n) is 5.16. The van der Waals surface area contributed by atoms with E-state index in [4.69, 9.17) is 16.2 Å². The van der Waals surface area contributed by atoms with Crippen molar-refractivity contribution in [2.75, 3.05) is 18.1 Å². The molecule has 0 amide bonds. The predicted molar refractivity (Wildman–Crippen MR) is 79.6 cm³/mol. The summed E-state index contributed by atoms with van der Waals surface area (Å²) in [4.78, 5) is 11.9. The number of nitrogens with two attached hydrogens (primary N) is 2. The molecule has 3 heterocycles. The van der Waals surface area contributed by atoms with Crippen molar-refractivity contribution in [3.63, 3.8) is 0 Å². The third-order valence-corrected chi connectivity index (χ3v) is 3.74. The quantitative estimate of drug-likeness (QED) is 0.393. The van der Waals surface area contributed by atoms with E-state index >= 15 is 0 Å². The van der Waals surface area contributed by atoms with Crippen LogP contribution < -0.4 is 11.5 Å². The molecule has 0 spiro atoms. The van der Waals surface area contributed by atoms with Gasteiger partial charge in [0.05, 0.1) is 12.9 Å². The van der Waals surface area contributed by atoms with E-state index in [1.54, 1.807) is 0 Å². The monoisotopic (exact) mass is 320 g/mol. The highest BCUT2D eigenvalue weighted by Crippen LogP contribution is 2.38. The molecule has 1 aliphatic heterocycles. The SMILES string of the molecule is CC#C[C@]1(CO)O[C@@H](n2cnc3c(N)nc(N)nc32)[C@H](O)[C@@H]1O. The van der Waals surface area contributed by atoms with Crippen LogP contribution in [0.1, 0.15) is 13.2 Å². The summed E-state index contributed by atoms with van der Waals surface area (Å²) < 4.78 is 7.02. The van der Waals surface area contributed by atoms with Gasteiger partial charge in [-0.15, -0.1) is 5.92 Å². The number of hydrogen-bond donors (Lipinski definition) is 5. The molecule has 0 radical (unpaired) electrons. The molecular formula is C13H16N6O4. The van der Waals surface area contributed by atoms with E-state index in [0.29, 0.717) is 0 Å². The number of fused-ring (bicyclic) bond motifs is 1. The van der Waals surface area contributed by atoms with Gasteiger partial charge in [0.15, 0.2) is 23.3 Å². The van der Waals surface area contributed by atoms with Gasteiger partial charge in [0.25, 0.3) is 0 Å². The summed E-state index contributed by atoms with van der Waals surface area (Å²) in [6.07, 6.45) is -2.52. The molecule has 0 aromatic carbocycles. The minimum atomic E-state index is -1.60. The largest absolute Gasteiger partial charge is 0.392 e. The van der Waals surface area contributed by atoms with E-state index in [9.17, 15) is 15.3 Å². The molecule has 3 rings (SSSR count). The van der Waals surface area contributed by atoms with Crippen molar-refractivity contribution in [1.29, 1.82) is 0 Å². The van der Waals surface area contributed by atoms with Gasteiger partial charge in [-0.05, 0) is 6.92 Å². The van der Waals surface area contributed by atoms with Crippen LogP contribution in [-0.2, 0) is 4.74 Å². The maximum Gasteiger partial charge on any atom is 0.224 e. The van der Waals surface area contributed by atoms with Gasteiger partial charge in [-0.3, -0.25) is 4.57 Å². The average Bonchev–Trinajstić information content (AvgIpc) is 3.03. The number of aromatic nitrogens is 4. The molecular weight excluding hydrogens is 304 g/mol. The first-order chi connectivity index (χ1) is 10.9. The maximum absolute atomic E-state index is 10.3. The molecule has 122 valence electrons. The molecule has 0 aliphatic carbocycles. The third kappa shape index (κ3) is 2.18. The van der Waals surface area contributed by atoms with Crippen LogP contribution in [0.2, 0.25) is 0 Å². The summed E-state index contributed by atoms with van der Waals surface area (Å²) in [6, 6.07) is 0. The molecule has 0 saturated carbocycles. The van der Waals surface area contributed by atoms with Gasteiger partial charge in [0.2, 0.25) is 5.95 Å². The molecule has 7 N–H and O–H groups in total. The Morgan fingerprint density at radius 3 is 2.78 bits per heavy atom. The zero-order chi connectivity index (χ0) is 16.8. The van der Waals surface area contributed by atoms with Crippen LogP contribution in [0.4, 0.5) is 11.8 Å². The minimum Gasteiger partial charge on any atom is -0.392 e. The average molecular weight is 320 g/mol. The molecule has 1 saturated heterocycles. The van der Waals surface area contributed by atoms with Gasteiger partial charge in [0, 0.05) is 0 Å². The van der Waals surface area contributed by atoms with Crippen LogP contribution in [0.3, 0.4) is 0 Å². The summed E-state index contributed by atoms with van der Waals surface area (Å²) >= 11 is 0. The van der Waals surface area contributed by atoms with Gasteiger partial charge < -0.3 is 31.5 Å². The van der Waals surface area contributed by atoms with Gasteiger partial charge in [0.1, 0.15) is 17.7 Å². The van der Waals surface area contributed by atoms with E-state index in [1.165, 1.54) is 17.8 Å². The van der Waals surface area contributed by atoms with Crippen LogP contribution >= 0.6 is 0 Å². The number of ether oxygens (including phenoxy) is 1. The van der Waals surface area contributed by atoms with Crippen molar-refractivity contribution in [3.8, 4) is 11.8 Å². The van der Waals surface area contributed by atoms with Crippen molar-refractivity contribution in [1.82, 2.24) is 19.5 Å². The Balaban J connectivity index is 2.10. The lowest BCUT2D eigenvalue weighted by Gasteiger charge is -2.23. The number of nitrogens with zero attached hydrogens (tertiary/aromatic N) is 4. The molecule has 4 atom stereocenters. The molecule has 10 nitrogen and oxygen atoms in total. The first-order valence-corrected chi connectivity index (χ1v) is 6.77. The molecule has 2 aromatic rings. The van der Waals surface area contributed by atoms with Crippen LogP contribution in [0.15, 0.2) is 6.33 Å². The normalized spacial score (nSPS) is 30.3. The fourth-order valence-electron chi connectivity index (χ4n) is 2.64. The second kappa shape index (κ2) is 5.32. The van der Waals surface area contributed by atoms with Gasteiger partial charge in [-0.2, -0.15) is 9.97 Å². The number of aliphatic hydroxyl groups excluding tert-OH is 3. The molecule has 1 fully saturated rings. The van der Waals surface area contributed by atoms with Crippen molar-refractivity contribution < 1.29 is 20.1 Å². The van der Waals surface area contributed by atoms with Gasteiger partial charge >= 0.3 is 0 Å². The highest BCUT2D eigenvalue weighted by Gasteiger charge is 2.54. The molecule has 1 aliphatic rings. The first-order valence-electron chi connectivity index (χ1n) is 6.77. The Hall–Kier alpha value is -2.45. The molecule has 2 aromatic heterocycles. The second-order valence-corrected chi connectivity index (χ2v) is 5.16. The van der Waals surface area contributed by atoms with Crippen molar-refractivity contribution in [2.24, 2.45) is 0 Å². The van der Waals surface area contributed by atoms with E-state index in [-0.39, 0.29) is 22.9 Å². The highest BCUT2D eigenvalue weighted by molar-refractivity contribution is 5.82. The highest BCUT2D eigenvalue weighted by atomic mass is 16.6. The van der Waals surface area contributed by atoms with Gasteiger partial charge in [-0.1, -0.05) is 5.92 Å². The summed E-state index contributed by atoms with van der Waals surface area (Å²) in [5.41, 5.74) is 10.2. The number of aliphatic hydroxyl groups is 3. The van der Waals surface area contributed by atoms with Crippen molar-refractivity contribution in [3.05, 3.63) is 6.33 Å². The smallest absolute Gasteiger partial charge is 0.224 e. The summed E-state index contributed by atoms with van der Waals surface area (Å²) in [6.45, 7) is 0.947. The van der Waals surface area contributed by atoms with E-state index in [2.05, 4.69) is 26.8 Å². The fraction of sp³-hybridized carbons (Fsp3) is 0.462. The number of nitrogen functional groups attached to an aromatic ring is 2. The summed E-state index contributed by atoms with van der Waals surface area (Å²) in [5, 5.41) is 30.1. The Kier molecular flexibility index (Phi) is 3.57. The third-order valence-electron chi connectivity index (χ3n) is 3.74. The van der Waals surface area contributed by atoms with Crippen LogP contribution in [-0.4, -0.2) is 59.3 Å². The summed E-state index contributed by atoms with van der Waals surface area (Å²) in [7, 11) is 0. The van der Waals surface area contributed by atoms with Crippen molar-refractivity contribution in [2.45, 2.75) is 31.0 Å². The number of imidazole rings is 1. The van der Waals surface area contributed by atoms with Crippen LogP contribution in [0, 0.1) is 11.8 Å². The minimum absolute atomic E-state index is 0.0634. The first kappa shape index (κ1) is 15.4. The van der Waals surface area contributed by atoms with E-state index in [0.717, 1.165) is 0 Å². The molecule has 23 heavy (non-hydrogen) atoms. The lowest BCUT2D eigenvalue weighted by Crippen LogP contribution is -2.45. The lowest BCUT2D eigenvalue weighted by atomic mass is 9.97. The molecule has 10 heteroatoms. The molecule has 0 bridgehead atoms. The topological polar surface area (TPSA) is 166 Å². The standard InChI is InChI=1S/C13H16N6O4/c1-2-3-13(4-20)8(22)7(21)11(23-13)19-5-16-6-9(14)17-12(15)18-10(6)19/h5,7-8,11,20-22H,4H2,1H3,(H4,14,15,17,18)/t7-,8+,11-,13-/m1/s1. The number of anilines is 2. The predicted octanol–water partition coefficient (Wildman–Crippen LogP) is -2.00. The zero-order valence-corrected chi connectivity index (χ0v) is 12.2. The fourth-order valence-corrected chi connectivity index (χ4v) is 2.64. The van der Waals surface area contributed by atoms with E-state index < -0.39 is 30.6 Å². The number of rotatable bonds is 2. The van der Waals surface area contributed by atoms with Gasteiger partial charge in [-0.25, -0.2) is 4.98 Å². The Bertz CT molecular complexity index is 812. The zero-order valence-electron chi connectivity index (χ0n) is 12.2. The van der Waals surface area contributed by atoms with Crippen molar-refractivity contribution >= 4 is 22.9 Å².